The molecule has 0 radical (unpaired) electrons. The predicted molar refractivity (Wildman–Crippen MR) is 83.7 cm³/mol. The van der Waals surface area contributed by atoms with Gasteiger partial charge in [0.2, 0.25) is 5.78 Å². The SMILES string of the molecule is O=C1/C(=C\NCc2ccccc2)C(O)(C(F)F)Oc2ccccc21. The van der Waals surface area contributed by atoms with Crippen molar-refractivity contribution in [3.05, 3.63) is 77.5 Å². The molecule has 0 amide bonds. The van der Waals surface area contributed by atoms with E-state index in [9.17, 15) is 18.7 Å². The van der Waals surface area contributed by atoms with Crippen molar-refractivity contribution in [2.75, 3.05) is 0 Å². The largest absolute Gasteiger partial charge is 0.451 e. The molecule has 2 aromatic rings. The number of hydrogen-bond acceptors (Lipinski definition) is 4. The van der Waals surface area contributed by atoms with E-state index in [-0.39, 0.29) is 11.3 Å². The summed E-state index contributed by atoms with van der Waals surface area (Å²) in [5.41, 5.74) is 0.516. The summed E-state index contributed by atoms with van der Waals surface area (Å²) in [7, 11) is 0. The van der Waals surface area contributed by atoms with Crippen LogP contribution in [0.4, 0.5) is 8.78 Å². The summed E-state index contributed by atoms with van der Waals surface area (Å²) in [6, 6.07) is 15.2. The number of ketones is 1. The zero-order valence-corrected chi connectivity index (χ0v) is 12.6. The molecule has 1 aliphatic heterocycles. The van der Waals surface area contributed by atoms with Crippen molar-refractivity contribution in [3.63, 3.8) is 0 Å². The van der Waals surface area contributed by atoms with Crippen molar-refractivity contribution in [1.29, 1.82) is 0 Å². The van der Waals surface area contributed by atoms with E-state index < -0.39 is 23.6 Å². The van der Waals surface area contributed by atoms with Crippen LogP contribution in [-0.4, -0.2) is 23.1 Å². The number of fused-ring (bicyclic) bond motifs is 1. The molecule has 4 nitrogen and oxygen atoms in total. The fraction of sp³-hybridized carbons (Fsp3) is 0.167. The lowest BCUT2D eigenvalue weighted by Crippen LogP contribution is -2.50. The summed E-state index contributed by atoms with van der Waals surface area (Å²) < 4.78 is 31.8. The minimum Gasteiger partial charge on any atom is -0.451 e. The van der Waals surface area contributed by atoms with Gasteiger partial charge in [0, 0.05) is 12.7 Å². The first-order valence-electron chi connectivity index (χ1n) is 7.33. The average molecular weight is 331 g/mol. The van der Waals surface area contributed by atoms with Crippen LogP contribution in [0.25, 0.3) is 0 Å². The first-order valence-corrected chi connectivity index (χ1v) is 7.33. The van der Waals surface area contributed by atoms with Crippen molar-refractivity contribution in [2.24, 2.45) is 0 Å². The Hall–Kier alpha value is -2.73. The number of ether oxygens (including phenoxy) is 1. The maximum absolute atomic E-state index is 13.4. The molecule has 6 heteroatoms. The van der Waals surface area contributed by atoms with Gasteiger partial charge >= 0.3 is 12.2 Å². The molecule has 0 aliphatic carbocycles. The third-order valence-corrected chi connectivity index (χ3v) is 3.72. The molecule has 1 unspecified atom stereocenters. The zero-order chi connectivity index (χ0) is 17.2. The summed E-state index contributed by atoms with van der Waals surface area (Å²) >= 11 is 0. The van der Waals surface area contributed by atoms with E-state index in [1.165, 1.54) is 12.1 Å². The Labute approximate surface area is 137 Å². The average Bonchev–Trinajstić information content (AvgIpc) is 2.58. The number of halogens is 2. The molecule has 124 valence electrons. The molecular formula is C18H15F2NO3. The first-order chi connectivity index (χ1) is 11.5. The van der Waals surface area contributed by atoms with Gasteiger partial charge in [0.15, 0.2) is 0 Å². The maximum Gasteiger partial charge on any atom is 0.307 e. The number of para-hydroxylation sites is 1. The van der Waals surface area contributed by atoms with Crippen molar-refractivity contribution in [2.45, 2.75) is 18.8 Å². The number of nitrogens with one attached hydrogen (secondary N) is 1. The second-order valence-corrected chi connectivity index (χ2v) is 5.35. The van der Waals surface area contributed by atoms with E-state index in [4.69, 9.17) is 4.74 Å². The van der Waals surface area contributed by atoms with E-state index in [1.54, 1.807) is 12.1 Å². The third-order valence-electron chi connectivity index (χ3n) is 3.72. The summed E-state index contributed by atoms with van der Waals surface area (Å²) in [5, 5.41) is 13.0. The fourth-order valence-corrected chi connectivity index (χ4v) is 2.47. The van der Waals surface area contributed by atoms with Gasteiger partial charge in [-0.15, -0.1) is 0 Å². The lowest BCUT2D eigenvalue weighted by Gasteiger charge is -2.34. The highest BCUT2D eigenvalue weighted by atomic mass is 19.3. The Morgan fingerprint density at radius 2 is 1.79 bits per heavy atom. The molecule has 0 fully saturated rings. The molecule has 1 aliphatic rings. The molecule has 0 bridgehead atoms. The van der Waals surface area contributed by atoms with Crippen LogP contribution >= 0.6 is 0 Å². The number of hydrogen-bond donors (Lipinski definition) is 2. The van der Waals surface area contributed by atoms with Crippen LogP contribution in [-0.2, 0) is 6.54 Å². The number of carbonyl (C=O) groups is 1. The van der Waals surface area contributed by atoms with E-state index in [1.807, 2.05) is 30.3 Å². The highest BCUT2D eigenvalue weighted by Crippen LogP contribution is 2.38. The molecule has 1 atom stereocenters. The summed E-state index contributed by atoms with van der Waals surface area (Å²) in [5.74, 6) is -3.74. The highest BCUT2D eigenvalue weighted by Gasteiger charge is 2.51. The number of Topliss-reactive ketones (excluding diaryl/α,β-unsaturated/α-hetero) is 1. The summed E-state index contributed by atoms with van der Waals surface area (Å²) in [4.78, 5) is 12.5. The van der Waals surface area contributed by atoms with Gasteiger partial charge in [-0.3, -0.25) is 4.79 Å². The predicted octanol–water partition coefficient (Wildman–Crippen LogP) is 2.89. The van der Waals surface area contributed by atoms with E-state index in [0.29, 0.717) is 6.54 Å². The molecule has 0 saturated heterocycles. The van der Waals surface area contributed by atoms with Crippen LogP contribution in [0, 0.1) is 0 Å². The first kappa shape index (κ1) is 16.1. The van der Waals surface area contributed by atoms with Crippen LogP contribution in [0.1, 0.15) is 15.9 Å². The minimum atomic E-state index is -3.28. The lowest BCUT2D eigenvalue weighted by atomic mass is 9.93. The van der Waals surface area contributed by atoms with Crippen molar-refractivity contribution < 1.29 is 23.4 Å². The normalized spacial score (nSPS) is 21.5. The number of rotatable bonds is 4. The maximum atomic E-state index is 13.4. The molecule has 0 saturated carbocycles. The van der Waals surface area contributed by atoms with Crippen LogP contribution < -0.4 is 10.1 Å². The summed E-state index contributed by atoms with van der Waals surface area (Å²) in [6.07, 6.45) is -2.18. The fourth-order valence-electron chi connectivity index (χ4n) is 2.47. The smallest absolute Gasteiger partial charge is 0.307 e. The van der Waals surface area contributed by atoms with Gasteiger partial charge in [0.25, 0.3) is 0 Å². The second kappa shape index (κ2) is 6.41. The van der Waals surface area contributed by atoms with Gasteiger partial charge in [-0.2, -0.15) is 0 Å². The van der Waals surface area contributed by atoms with Crippen LogP contribution in [0.15, 0.2) is 66.4 Å². The Morgan fingerprint density at radius 1 is 1.12 bits per heavy atom. The highest BCUT2D eigenvalue weighted by molar-refractivity contribution is 6.12. The van der Waals surface area contributed by atoms with Gasteiger partial charge in [0.1, 0.15) is 5.75 Å². The molecule has 0 spiro atoms. The molecule has 3 rings (SSSR count). The molecular weight excluding hydrogens is 316 g/mol. The van der Waals surface area contributed by atoms with E-state index in [2.05, 4.69) is 5.32 Å². The lowest BCUT2D eigenvalue weighted by molar-refractivity contribution is -0.193. The molecule has 0 aromatic heterocycles. The topological polar surface area (TPSA) is 58.6 Å². The molecule has 2 N–H and O–H groups in total. The number of benzene rings is 2. The molecule has 1 heterocycles. The Balaban J connectivity index is 1.91. The molecule has 2 aromatic carbocycles. The van der Waals surface area contributed by atoms with Crippen molar-refractivity contribution in [1.82, 2.24) is 5.32 Å². The van der Waals surface area contributed by atoms with Crippen LogP contribution in [0.5, 0.6) is 5.75 Å². The standard InChI is InChI=1S/C18H15F2NO3/c19-17(20)18(23)14(11-21-10-12-6-2-1-3-7-12)16(22)13-8-4-5-9-15(13)24-18/h1-9,11,17,21,23H,10H2/b14-11+. The van der Waals surface area contributed by atoms with Crippen molar-refractivity contribution >= 4 is 5.78 Å². The Morgan fingerprint density at radius 3 is 2.50 bits per heavy atom. The van der Waals surface area contributed by atoms with E-state index in [0.717, 1.165) is 11.8 Å². The second-order valence-electron chi connectivity index (χ2n) is 5.35. The Bertz CT molecular complexity index is 777. The third kappa shape index (κ3) is 2.88. The van der Waals surface area contributed by atoms with Crippen molar-refractivity contribution in [3.8, 4) is 5.75 Å². The monoisotopic (exact) mass is 331 g/mol. The van der Waals surface area contributed by atoms with Crippen LogP contribution in [0.3, 0.4) is 0 Å². The van der Waals surface area contributed by atoms with E-state index >= 15 is 0 Å². The quantitative estimate of drug-likeness (QED) is 0.846. The zero-order valence-electron chi connectivity index (χ0n) is 12.6. The van der Waals surface area contributed by atoms with Gasteiger partial charge < -0.3 is 15.2 Å². The van der Waals surface area contributed by atoms with Gasteiger partial charge in [-0.05, 0) is 17.7 Å². The number of alkyl halides is 2. The number of carbonyl (C=O) groups excluding carboxylic acids is 1. The van der Waals surface area contributed by atoms with Gasteiger partial charge in [-0.25, -0.2) is 8.78 Å². The van der Waals surface area contributed by atoms with Gasteiger partial charge in [-0.1, -0.05) is 42.5 Å². The van der Waals surface area contributed by atoms with Crippen LogP contribution in [0.2, 0.25) is 0 Å². The van der Waals surface area contributed by atoms with Gasteiger partial charge in [0.05, 0.1) is 11.1 Å². The minimum absolute atomic E-state index is 0.0643. The molecule has 24 heavy (non-hydrogen) atoms. The Kier molecular flexibility index (Phi) is 4.31. The number of aliphatic hydroxyl groups is 1. The summed E-state index contributed by atoms with van der Waals surface area (Å²) in [6.45, 7) is 0.318.